The summed E-state index contributed by atoms with van der Waals surface area (Å²) in [5.74, 6) is 0.282. The summed E-state index contributed by atoms with van der Waals surface area (Å²) in [4.78, 5) is 12.3. The van der Waals surface area contributed by atoms with Crippen molar-refractivity contribution in [1.82, 2.24) is 0 Å². The maximum atomic E-state index is 12.3. The van der Waals surface area contributed by atoms with Crippen molar-refractivity contribution in [3.05, 3.63) is 166 Å². The molecular formula is C41H29NO2. The highest BCUT2D eigenvalue weighted by Crippen LogP contribution is 2.63. The zero-order chi connectivity index (χ0) is 29.7. The molecule has 0 unspecified atom stereocenters. The third-order valence-electron chi connectivity index (χ3n) is 10.0. The highest BCUT2D eigenvalue weighted by Gasteiger charge is 2.53. The second kappa shape index (κ2) is 8.81. The topological polar surface area (TPSA) is 49.3 Å². The summed E-state index contributed by atoms with van der Waals surface area (Å²) >= 11 is 0. The Morgan fingerprint density at radius 2 is 1.30 bits per heavy atom. The summed E-state index contributed by atoms with van der Waals surface area (Å²) in [5.41, 5.74) is 10.3. The van der Waals surface area contributed by atoms with Gasteiger partial charge < -0.3 is 10.4 Å². The highest BCUT2D eigenvalue weighted by atomic mass is 16.3. The van der Waals surface area contributed by atoms with Gasteiger partial charge in [-0.15, -0.1) is 0 Å². The first-order valence-electron chi connectivity index (χ1n) is 15.2. The van der Waals surface area contributed by atoms with Gasteiger partial charge in [0.1, 0.15) is 5.75 Å². The number of amides is 1. The number of aromatic hydroxyl groups is 1. The van der Waals surface area contributed by atoms with E-state index in [0.717, 1.165) is 27.2 Å². The minimum atomic E-state index is -0.634. The van der Waals surface area contributed by atoms with Gasteiger partial charge in [-0.1, -0.05) is 97.1 Å². The standard InChI is InChI=1S/C41H29NO2/c1-23-11-20-36(40-29(23)18-15-26-13-12-25-14-17-28(44)22-33(25)38(26)40)41-34-9-5-3-7-30(34)39(31-8-4-6-10-35(31)41)32-19-16-27(21-37(32)41)42-24(2)43/h3-22,39,44H,1-2H3,(H,42,43). The number of aryl methyl sites for hydroxylation is 1. The molecular weight excluding hydrogens is 538 g/mol. The Balaban J connectivity index is 1.55. The Kier molecular flexibility index (Phi) is 5.03. The highest BCUT2D eigenvalue weighted by molar-refractivity contribution is 6.22. The van der Waals surface area contributed by atoms with E-state index in [1.165, 1.54) is 55.3 Å². The number of rotatable bonds is 2. The Labute approximate surface area is 255 Å². The molecule has 0 aromatic heterocycles. The van der Waals surface area contributed by atoms with Crippen molar-refractivity contribution in [1.29, 1.82) is 0 Å². The molecule has 0 fully saturated rings. The van der Waals surface area contributed by atoms with Crippen LogP contribution in [-0.2, 0) is 10.2 Å². The molecule has 7 aromatic rings. The summed E-state index contributed by atoms with van der Waals surface area (Å²) in [5, 5.41) is 20.6. The molecule has 2 N–H and O–H groups in total. The molecule has 0 heterocycles. The SMILES string of the molecule is CC(=O)Nc1ccc2c(c1)C1(c3ccc(C)c4ccc5ccc6ccc(O)cc6c5c34)c3ccccc3C2c2ccccc21. The third kappa shape index (κ3) is 3.13. The first-order valence-corrected chi connectivity index (χ1v) is 15.2. The Hall–Kier alpha value is -5.41. The van der Waals surface area contributed by atoms with E-state index in [2.05, 4.69) is 109 Å². The van der Waals surface area contributed by atoms with Crippen molar-refractivity contribution >= 4 is 43.9 Å². The van der Waals surface area contributed by atoms with Gasteiger partial charge in [-0.05, 0) is 108 Å². The average Bonchev–Trinajstić information content (AvgIpc) is 3.04. The number of anilines is 1. The molecule has 10 rings (SSSR count). The zero-order valence-electron chi connectivity index (χ0n) is 24.5. The number of nitrogens with one attached hydrogen (secondary N) is 1. The van der Waals surface area contributed by atoms with E-state index in [4.69, 9.17) is 0 Å². The van der Waals surface area contributed by atoms with Crippen molar-refractivity contribution in [2.45, 2.75) is 25.2 Å². The lowest BCUT2D eigenvalue weighted by atomic mass is 9.50. The lowest BCUT2D eigenvalue weighted by molar-refractivity contribution is -0.114. The van der Waals surface area contributed by atoms with Crippen LogP contribution in [0, 0.1) is 6.92 Å². The second-order valence-electron chi connectivity index (χ2n) is 12.3. The summed E-state index contributed by atoms with van der Waals surface area (Å²) in [6.07, 6.45) is 0. The van der Waals surface area contributed by atoms with E-state index in [1.54, 1.807) is 13.0 Å². The molecule has 3 nitrogen and oxygen atoms in total. The van der Waals surface area contributed by atoms with Gasteiger partial charge in [-0.3, -0.25) is 4.79 Å². The normalized spacial score (nSPS) is 17.8. The first kappa shape index (κ1) is 25.1. The molecule has 210 valence electrons. The van der Waals surface area contributed by atoms with Gasteiger partial charge in [-0.2, -0.15) is 0 Å². The molecule has 1 amide bonds. The van der Waals surface area contributed by atoms with Crippen molar-refractivity contribution < 1.29 is 9.90 Å². The van der Waals surface area contributed by atoms with Crippen molar-refractivity contribution in [2.24, 2.45) is 0 Å². The molecule has 3 heteroatoms. The van der Waals surface area contributed by atoms with E-state index in [9.17, 15) is 9.90 Å². The largest absolute Gasteiger partial charge is 0.508 e. The number of hydrogen-bond donors (Lipinski definition) is 2. The van der Waals surface area contributed by atoms with Gasteiger partial charge in [0.15, 0.2) is 0 Å². The van der Waals surface area contributed by atoms with Crippen LogP contribution in [0.4, 0.5) is 5.69 Å². The maximum absolute atomic E-state index is 12.3. The minimum Gasteiger partial charge on any atom is -0.508 e. The van der Waals surface area contributed by atoms with Gasteiger partial charge in [0.25, 0.3) is 0 Å². The summed E-state index contributed by atoms with van der Waals surface area (Å²) < 4.78 is 0. The van der Waals surface area contributed by atoms with E-state index in [-0.39, 0.29) is 17.6 Å². The summed E-state index contributed by atoms with van der Waals surface area (Å²) in [7, 11) is 0. The monoisotopic (exact) mass is 567 g/mol. The van der Waals surface area contributed by atoms with Crippen LogP contribution < -0.4 is 5.32 Å². The Bertz CT molecular complexity index is 2340. The van der Waals surface area contributed by atoms with Gasteiger partial charge in [-0.25, -0.2) is 0 Å². The van der Waals surface area contributed by atoms with Crippen LogP contribution in [0.5, 0.6) is 5.75 Å². The molecule has 3 aliphatic rings. The molecule has 2 bridgehead atoms. The number of hydrogen-bond acceptors (Lipinski definition) is 2. The quantitative estimate of drug-likeness (QED) is 0.205. The van der Waals surface area contributed by atoms with Gasteiger partial charge in [0.05, 0.1) is 5.41 Å². The number of carbonyl (C=O) groups excluding carboxylic acids is 1. The molecule has 0 aliphatic heterocycles. The van der Waals surface area contributed by atoms with E-state index in [0.29, 0.717) is 0 Å². The lowest BCUT2D eigenvalue weighted by Crippen LogP contribution is -2.43. The molecule has 3 aliphatic carbocycles. The summed E-state index contributed by atoms with van der Waals surface area (Å²) in [6.45, 7) is 3.74. The van der Waals surface area contributed by atoms with Crippen LogP contribution in [0.2, 0.25) is 0 Å². The molecule has 44 heavy (non-hydrogen) atoms. The van der Waals surface area contributed by atoms with Crippen LogP contribution in [0.3, 0.4) is 0 Å². The van der Waals surface area contributed by atoms with Crippen LogP contribution >= 0.6 is 0 Å². The smallest absolute Gasteiger partial charge is 0.221 e. The lowest BCUT2D eigenvalue weighted by Gasteiger charge is -2.51. The predicted octanol–water partition coefficient (Wildman–Crippen LogP) is 9.31. The molecule has 0 saturated carbocycles. The predicted molar refractivity (Wildman–Crippen MR) is 179 cm³/mol. The number of phenolic OH excluding ortho intramolecular Hbond substituents is 1. The van der Waals surface area contributed by atoms with Crippen LogP contribution in [0.1, 0.15) is 57.3 Å². The average molecular weight is 568 g/mol. The Morgan fingerprint density at radius 1 is 0.636 bits per heavy atom. The minimum absolute atomic E-state index is 0.0844. The zero-order valence-corrected chi connectivity index (χ0v) is 24.5. The van der Waals surface area contributed by atoms with Gasteiger partial charge >= 0.3 is 0 Å². The molecule has 0 radical (unpaired) electrons. The van der Waals surface area contributed by atoms with Crippen LogP contribution in [0.15, 0.2) is 121 Å². The number of benzene rings is 7. The second-order valence-corrected chi connectivity index (χ2v) is 12.3. The number of fused-ring (bicyclic) bond motifs is 5. The number of phenols is 1. The van der Waals surface area contributed by atoms with Crippen molar-refractivity contribution in [2.75, 3.05) is 5.32 Å². The van der Waals surface area contributed by atoms with Crippen molar-refractivity contribution in [3.8, 4) is 5.75 Å². The fourth-order valence-electron chi connectivity index (χ4n) is 8.40. The van der Waals surface area contributed by atoms with E-state index < -0.39 is 5.41 Å². The van der Waals surface area contributed by atoms with Crippen LogP contribution in [-0.4, -0.2) is 11.0 Å². The third-order valence-corrected chi connectivity index (χ3v) is 10.0. The Morgan fingerprint density at radius 3 is 2.05 bits per heavy atom. The fourth-order valence-corrected chi connectivity index (χ4v) is 8.40. The molecule has 0 spiro atoms. The summed E-state index contributed by atoms with van der Waals surface area (Å²) in [6, 6.07) is 43.3. The van der Waals surface area contributed by atoms with E-state index in [1.807, 2.05) is 18.2 Å². The first-order chi connectivity index (χ1) is 21.5. The number of carbonyl (C=O) groups is 1. The van der Waals surface area contributed by atoms with Crippen molar-refractivity contribution in [3.63, 3.8) is 0 Å². The van der Waals surface area contributed by atoms with E-state index >= 15 is 0 Å². The van der Waals surface area contributed by atoms with Gasteiger partial charge in [0, 0.05) is 18.5 Å². The maximum Gasteiger partial charge on any atom is 0.221 e. The molecule has 0 atom stereocenters. The van der Waals surface area contributed by atoms with Crippen LogP contribution in [0.25, 0.3) is 32.3 Å². The molecule has 0 saturated heterocycles. The van der Waals surface area contributed by atoms with Gasteiger partial charge in [0.2, 0.25) is 5.91 Å². The molecule has 7 aromatic carbocycles. The fraction of sp³-hybridized carbons (Fsp3) is 0.0976.